The van der Waals surface area contributed by atoms with Gasteiger partial charge in [-0.05, 0) is 36.2 Å². The number of para-hydroxylation sites is 3. The van der Waals surface area contributed by atoms with Crippen molar-refractivity contribution in [3.63, 3.8) is 0 Å². The van der Waals surface area contributed by atoms with E-state index in [4.69, 9.17) is 9.47 Å². The zero-order chi connectivity index (χ0) is 21.9. The Hall–Kier alpha value is -3.80. The highest BCUT2D eigenvalue weighted by atomic mass is 16.5. The van der Waals surface area contributed by atoms with Gasteiger partial charge in [0.15, 0.2) is 6.61 Å². The van der Waals surface area contributed by atoms with Crippen molar-refractivity contribution in [3.8, 4) is 11.5 Å². The van der Waals surface area contributed by atoms with E-state index in [2.05, 4.69) is 10.6 Å². The molecule has 0 aliphatic carbocycles. The Morgan fingerprint density at radius 1 is 0.806 bits per heavy atom. The smallest absolute Gasteiger partial charge is 0.262 e. The first-order valence-corrected chi connectivity index (χ1v) is 10.2. The maximum absolute atomic E-state index is 12.6. The predicted molar refractivity (Wildman–Crippen MR) is 120 cm³/mol. The molecule has 0 aliphatic heterocycles. The number of carbonyl (C=O) groups excluding carboxylic acids is 2. The normalized spacial score (nSPS) is 10.2. The molecule has 0 spiro atoms. The molecular formula is C25H26N2O4. The second-order valence-electron chi connectivity index (χ2n) is 6.85. The number of amides is 2. The van der Waals surface area contributed by atoms with Crippen molar-refractivity contribution in [2.24, 2.45) is 0 Å². The Kier molecular flexibility index (Phi) is 8.05. The van der Waals surface area contributed by atoms with Crippen LogP contribution >= 0.6 is 0 Å². The van der Waals surface area contributed by atoms with E-state index in [1.165, 1.54) is 0 Å². The molecule has 0 unspecified atom stereocenters. The Bertz CT molecular complexity index is 1010. The summed E-state index contributed by atoms with van der Waals surface area (Å²) < 4.78 is 11.3. The number of rotatable bonds is 10. The number of hydrogen-bond acceptors (Lipinski definition) is 4. The molecular weight excluding hydrogens is 392 g/mol. The van der Waals surface area contributed by atoms with Gasteiger partial charge in [-0.2, -0.15) is 0 Å². The van der Waals surface area contributed by atoms with Crippen LogP contribution in [0.5, 0.6) is 11.5 Å². The van der Waals surface area contributed by atoms with E-state index in [9.17, 15) is 9.59 Å². The molecule has 2 N–H and O–H groups in total. The number of hydrogen-bond donors (Lipinski definition) is 2. The van der Waals surface area contributed by atoms with Gasteiger partial charge in [0.1, 0.15) is 11.5 Å². The van der Waals surface area contributed by atoms with Crippen molar-refractivity contribution in [2.45, 2.75) is 19.9 Å². The maximum Gasteiger partial charge on any atom is 0.262 e. The van der Waals surface area contributed by atoms with Crippen molar-refractivity contribution in [1.29, 1.82) is 0 Å². The molecule has 0 fully saturated rings. The first kappa shape index (κ1) is 21.9. The Morgan fingerprint density at radius 2 is 1.48 bits per heavy atom. The van der Waals surface area contributed by atoms with Crippen LogP contribution in [-0.2, 0) is 11.3 Å². The van der Waals surface area contributed by atoms with E-state index < -0.39 is 0 Å². The van der Waals surface area contributed by atoms with Crippen molar-refractivity contribution < 1.29 is 19.1 Å². The molecule has 3 aromatic rings. The molecule has 3 aromatic carbocycles. The van der Waals surface area contributed by atoms with Gasteiger partial charge >= 0.3 is 0 Å². The van der Waals surface area contributed by atoms with E-state index in [1.807, 2.05) is 49.4 Å². The molecule has 0 saturated carbocycles. The summed E-state index contributed by atoms with van der Waals surface area (Å²) in [7, 11) is 0. The van der Waals surface area contributed by atoms with Gasteiger partial charge < -0.3 is 20.1 Å². The van der Waals surface area contributed by atoms with Gasteiger partial charge in [-0.25, -0.2) is 0 Å². The molecule has 6 nitrogen and oxygen atoms in total. The zero-order valence-corrected chi connectivity index (χ0v) is 17.5. The van der Waals surface area contributed by atoms with Crippen molar-refractivity contribution in [1.82, 2.24) is 5.32 Å². The fraction of sp³-hybridized carbons (Fsp3) is 0.200. The minimum atomic E-state index is -0.341. The minimum Gasteiger partial charge on any atom is -0.491 e. The average Bonchev–Trinajstić information content (AvgIpc) is 2.81. The van der Waals surface area contributed by atoms with Gasteiger partial charge in [0.2, 0.25) is 0 Å². The molecule has 0 atom stereocenters. The molecule has 0 aliphatic rings. The maximum atomic E-state index is 12.6. The molecule has 0 radical (unpaired) electrons. The lowest BCUT2D eigenvalue weighted by Gasteiger charge is -2.14. The van der Waals surface area contributed by atoms with Crippen molar-refractivity contribution in [2.75, 3.05) is 18.5 Å². The van der Waals surface area contributed by atoms with E-state index in [0.29, 0.717) is 35.9 Å². The molecule has 0 saturated heterocycles. The summed E-state index contributed by atoms with van der Waals surface area (Å²) >= 11 is 0. The molecule has 31 heavy (non-hydrogen) atoms. The summed E-state index contributed by atoms with van der Waals surface area (Å²) in [5.74, 6) is 0.349. The second kappa shape index (κ2) is 11.4. The number of ether oxygens (including phenoxy) is 2. The molecule has 0 bridgehead atoms. The first-order chi connectivity index (χ1) is 15.2. The summed E-state index contributed by atoms with van der Waals surface area (Å²) in [6.07, 6.45) is 0.870. The third-order valence-electron chi connectivity index (χ3n) is 4.41. The summed E-state index contributed by atoms with van der Waals surface area (Å²) in [4.78, 5) is 25.0. The highest BCUT2D eigenvalue weighted by Gasteiger charge is 2.14. The summed E-state index contributed by atoms with van der Waals surface area (Å²) in [5.41, 5.74) is 1.95. The topological polar surface area (TPSA) is 76.7 Å². The SMILES string of the molecule is CCCOc1ccccc1NC(=O)COc1ccccc1C(=O)NCc1ccccc1. The summed E-state index contributed by atoms with van der Waals surface area (Å²) in [6, 6.07) is 23.7. The fourth-order valence-electron chi connectivity index (χ4n) is 2.89. The minimum absolute atomic E-state index is 0.231. The molecule has 3 rings (SSSR count). The molecule has 6 heteroatoms. The second-order valence-corrected chi connectivity index (χ2v) is 6.85. The van der Waals surface area contributed by atoms with Crippen LogP contribution in [0.2, 0.25) is 0 Å². The van der Waals surface area contributed by atoms with Crippen LogP contribution in [0.4, 0.5) is 5.69 Å². The molecule has 0 heterocycles. The quantitative estimate of drug-likeness (QED) is 0.511. The van der Waals surface area contributed by atoms with E-state index in [-0.39, 0.29) is 18.4 Å². The number of benzene rings is 3. The van der Waals surface area contributed by atoms with Gasteiger partial charge in [-0.3, -0.25) is 9.59 Å². The molecule has 2 amide bonds. The van der Waals surface area contributed by atoms with Crippen LogP contribution < -0.4 is 20.1 Å². The zero-order valence-electron chi connectivity index (χ0n) is 17.5. The summed E-state index contributed by atoms with van der Waals surface area (Å²) in [5, 5.41) is 5.67. The third kappa shape index (κ3) is 6.60. The van der Waals surface area contributed by atoms with Gasteiger partial charge in [-0.15, -0.1) is 0 Å². The molecule has 160 valence electrons. The first-order valence-electron chi connectivity index (χ1n) is 10.2. The predicted octanol–water partition coefficient (Wildman–Crippen LogP) is 4.42. The van der Waals surface area contributed by atoms with E-state index in [1.54, 1.807) is 36.4 Å². The van der Waals surface area contributed by atoms with Crippen LogP contribution in [-0.4, -0.2) is 25.0 Å². The lowest BCUT2D eigenvalue weighted by atomic mass is 10.1. The fourth-order valence-corrected chi connectivity index (χ4v) is 2.89. The van der Waals surface area contributed by atoms with Crippen molar-refractivity contribution >= 4 is 17.5 Å². The Morgan fingerprint density at radius 3 is 2.26 bits per heavy atom. The standard InChI is InChI=1S/C25H26N2O4/c1-2-16-30-23-15-9-7-13-21(23)27-24(28)18-31-22-14-8-6-12-20(22)25(29)26-17-19-10-4-3-5-11-19/h3-15H,2,16-18H2,1H3,(H,26,29)(H,27,28). The molecule has 0 aromatic heterocycles. The van der Waals surface area contributed by atoms with Crippen LogP contribution in [0.1, 0.15) is 29.3 Å². The van der Waals surface area contributed by atoms with Gasteiger partial charge in [0.05, 0.1) is 17.9 Å². The largest absolute Gasteiger partial charge is 0.491 e. The Balaban J connectivity index is 1.58. The lowest BCUT2D eigenvalue weighted by Crippen LogP contribution is -2.25. The van der Waals surface area contributed by atoms with Crippen LogP contribution in [0.15, 0.2) is 78.9 Å². The van der Waals surface area contributed by atoms with Crippen LogP contribution in [0.3, 0.4) is 0 Å². The average molecular weight is 418 g/mol. The van der Waals surface area contributed by atoms with Gasteiger partial charge in [0, 0.05) is 6.54 Å². The number of carbonyl (C=O) groups is 2. The van der Waals surface area contributed by atoms with Gasteiger partial charge in [0.25, 0.3) is 11.8 Å². The van der Waals surface area contributed by atoms with Crippen LogP contribution in [0.25, 0.3) is 0 Å². The highest BCUT2D eigenvalue weighted by molar-refractivity contribution is 5.97. The number of anilines is 1. The van der Waals surface area contributed by atoms with E-state index in [0.717, 1.165) is 12.0 Å². The Labute approximate surface area is 182 Å². The van der Waals surface area contributed by atoms with Gasteiger partial charge in [-0.1, -0.05) is 61.5 Å². The number of nitrogens with one attached hydrogen (secondary N) is 2. The highest BCUT2D eigenvalue weighted by Crippen LogP contribution is 2.24. The van der Waals surface area contributed by atoms with E-state index >= 15 is 0 Å². The van der Waals surface area contributed by atoms with Crippen molar-refractivity contribution in [3.05, 3.63) is 90.0 Å². The van der Waals surface area contributed by atoms with Crippen LogP contribution in [0, 0.1) is 0 Å². The monoisotopic (exact) mass is 418 g/mol. The third-order valence-corrected chi connectivity index (χ3v) is 4.41. The summed E-state index contributed by atoms with van der Waals surface area (Å²) in [6.45, 7) is 2.76. The lowest BCUT2D eigenvalue weighted by molar-refractivity contribution is -0.118.